The number of hydrogen-bond acceptors (Lipinski definition) is 3. The second-order valence-electron chi connectivity index (χ2n) is 5.96. The van der Waals surface area contributed by atoms with Gasteiger partial charge in [0.25, 0.3) is 0 Å². The summed E-state index contributed by atoms with van der Waals surface area (Å²) in [4.78, 5) is 4.29. The van der Waals surface area contributed by atoms with Crippen LogP contribution in [0.2, 0.25) is 0 Å². The van der Waals surface area contributed by atoms with Gasteiger partial charge in [-0.1, -0.05) is 27.7 Å². The van der Waals surface area contributed by atoms with E-state index in [0.29, 0.717) is 17.4 Å². The Morgan fingerprint density at radius 1 is 1.29 bits per heavy atom. The van der Waals surface area contributed by atoms with E-state index in [0.717, 1.165) is 18.9 Å². The van der Waals surface area contributed by atoms with Gasteiger partial charge in [-0.3, -0.25) is 0 Å². The summed E-state index contributed by atoms with van der Waals surface area (Å²) in [5.74, 6) is 1.68. The predicted molar refractivity (Wildman–Crippen MR) is 70.7 cm³/mol. The molecule has 0 spiro atoms. The van der Waals surface area contributed by atoms with Gasteiger partial charge in [0.05, 0.1) is 6.54 Å². The Bertz CT molecular complexity index is 339. The highest BCUT2D eigenvalue weighted by molar-refractivity contribution is 4.86. The van der Waals surface area contributed by atoms with Crippen LogP contribution in [0.4, 0.5) is 0 Å². The van der Waals surface area contributed by atoms with Gasteiger partial charge in [-0.15, -0.1) is 0 Å². The average Bonchev–Trinajstić information content (AvgIpc) is 2.65. The van der Waals surface area contributed by atoms with E-state index < -0.39 is 0 Å². The summed E-state index contributed by atoms with van der Waals surface area (Å²) < 4.78 is 1.97. The van der Waals surface area contributed by atoms with Crippen LogP contribution in [-0.4, -0.2) is 21.3 Å². The lowest BCUT2D eigenvalue weighted by Gasteiger charge is -2.29. The van der Waals surface area contributed by atoms with Crippen molar-refractivity contribution in [1.82, 2.24) is 20.1 Å². The van der Waals surface area contributed by atoms with Crippen LogP contribution in [0.1, 0.15) is 53.4 Å². The van der Waals surface area contributed by atoms with Crippen LogP contribution in [0.5, 0.6) is 0 Å². The second-order valence-corrected chi connectivity index (χ2v) is 5.96. The van der Waals surface area contributed by atoms with Crippen molar-refractivity contribution in [3.63, 3.8) is 0 Å². The monoisotopic (exact) mass is 238 g/mol. The third-order valence-electron chi connectivity index (χ3n) is 3.56. The molecule has 0 aromatic carbocycles. The summed E-state index contributed by atoms with van der Waals surface area (Å²) in [6.45, 7) is 15.1. The summed E-state index contributed by atoms with van der Waals surface area (Å²) in [5, 5.41) is 7.71. The lowest BCUT2D eigenvalue weighted by molar-refractivity contribution is 0.236. The molecule has 0 saturated heterocycles. The summed E-state index contributed by atoms with van der Waals surface area (Å²) >= 11 is 0. The molecule has 0 aliphatic heterocycles. The Morgan fingerprint density at radius 3 is 2.47 bits per heavy atom. The van der Waals surface area contributed by atoms with Crippen LogP contribution in [0.25, 0.3) is 0 Å². The van der Waals surface area contributed by atoms with Crippen molar-refractivity contribution in [1.29, 1.82) is 0 Å². The van der Waals surface area contributed by atoms with Crippen LogP contribution in [0, 0.1) is 11.3 Å². The highest BCUT2D eigenvalue weighted by atomic mass is 15.3. The first-order valence-corrected chi connectivity index (χ1v) is 6.43. The molecule has 1 N–H and O–H groups in total. The van der Waals surface area contributed by atoms with Crippen molar-refractivity contribution in [2.45, 2.75) is 54.1 Å². The molecule has 0 fully saturated rings. The van der Waals surface area contributed by atoms with E-state index in [4.69, 9.17) is 0 Å². The maximum Gasteiger partial charge on any atom is 0.141 e. The van der Waals surface area contributed by atoms with Gasteiger partial charge in [-0.2, -0.15) is 5.10 Å². The van der Waals surface area contributed by atoms with E-state index in [1.165, 1.54) is 0 Å². The smallest absolute Gasteiger partial charge is 0.141 e. The van der Waals surface area contributed by atoms with Crippen LogP contribution in [0.15, 0.2) is 6.33 Å². The zero-order chi connectivity index (χ0) is 13.1. The molecule has 1 aromatic heterocycles. The first-order chi connectivity index (χ1) is 7.84. The zero-order valence-corrected chi connectivity index (χ0v) is 12.0. The summed E-state index contributed by atoms with van der Waals surface area (Å²) in [5.41, 5.74) is 0.308. The van der Waals surface area contributed by atoms with Crippen molar-refractivity contribution in [2.24, 2.45) is 11.3 Å². The van der Waals surface area contributed by atoms with Crippen molar-refractivity contribution < 1.29 is 0 Å². The van der Waals surface area contributed by atoms with Crippen LogP contribution in [-0.2, 0) is 6.54 Å². The van der Waals surface area contributed by atoms with Crippen LogP contribution in [0.3, 0.4) is 0 Å². The first-order valence-electron chi connectivity index (χ1n) is 6.43. The molecule has 0 radical (unpaired) electrons. The van der Waals surface area contributed by atoms with Gasteiger partial charge < -0.3 is 5.32 Å². The van der Waals surface area contributed by atoms with Gasteiger partial charge in [0.2, 0.25) is 0 Å². The number of nitrogens with zero attached hydrogens (tertiary/aromatic N) is 3. The fourth-order valence-electron chi connectivity index (χ4n) is 1.53. The maximum absolute atomic E-state index is 4.29. The molecule has 4 heteroatoms. The highest BCUT2D eigenvalue weighted by Crippen LogP contribution is 2.24. The van der Waals surface area contributed by atoms with Crippen molar-refractivity contribution in [3.05, 3.63) is 12.2 Å². The highest BCUT2D eigenvalue weighted by Gasteiger charge is 2.21. The molecule has 98 valence electrons. The lowest BCUT2D eigenvalue weighted by Crippen LogP contribution is -2.33. The fourth-order valence-corrected chi connectivity index (χ4v) is 1.53. The number of rotatable bonds is 6. The van der Waals surface area contributed by atoms with Gasteiger partial charge >= 0.3 is 0 Å². The number of aromatic nitrogens is 3. The molecule has 17 heavy (non-hydrogen) atoms. The van der Waals surface area contributed by atoms with E-state index in [9.17, 15) is 0 Å². The van der Waals surface area contributed by atoms with Gasteiger partial charge in [0.15, 0.2) is 0 Å². The predicted octanol–water partition coefficient (Wildman–Crippen LogP) is 2.63. The van der Waals surface area contributed by atoms with E-state index in [-0.39, 0.29) is 0 Å². The largest absolute Gasteiger partial charge is 0.309 e. The zero-order valence-electron chi connectivity index (χ0n) is 12.0. The lowest BCUT2D eigenvalue weighted by atomic mass is 9.81. The number of hydrogen-bond donors (Lipinski definition) is 1. The molecule has 0 aliphatic rings. The molecule has 0 saturated carbocycles. The molecular formula is C13H26N4. The third-order valence-corrected chi connectivity index (χ3v) is 3.56. The Kier molecular flexibility index (Phi) is 4.69. The molecule has 0 bridgehead atoms. The van der Waals surface area contributed by atoms with E-state index >= 15 is 0 Å². The SMILES string of the molecule is CC(C)n1ncnc1CNCC(C)(C)C(C)C. The molecule has 1 rings (SSSR count). The topological polar surface area (TPSA) is 42.7 Å². The first kappa shape index (κ1) is 14.2. The van der Waals surface area contributed by atoms with Gasteiger partial charge in [-0.05, 0) is 25.2 Å². The van der Waals surface area contributed by atoms with Crippen LogP contribution >= 0.6 is 0 Å². The molecule has 0 amide bonds. The minimum absolute atomic E-state index is 0.308. The summed E-state index contributed by atoms with van der Waals surface area (Å²) in [7, 11) is 0. The van der Waals surface area contributed by atoms with Crippen molar-refractivity contribution >= 4 is 0 Å². The standard InChI is InChI=1S/C13H26N4/c1-10(2)13(5,6)8-14-7-12-15-9-16-17(12)11(3)4/h9-11,14H,7-8H2,1-6H3. The van der Waals surface area contributed by atoms with Gasteiger partial charge in [-0.25, -0.2) is 9.67 Å². The van der Waals surface area contributed by atoms with Gasteiger partial charge in [0, 0.05) is 12.6 Å². The Morgan fingerprint density at radius 2 is 1.94 bits per heavy atom. The summed E-state index contributed by atoms with van der Waals surface area (Å²) in [6.07, 6.45) is 1.63. The quantitative estimate of drug-likeness (QED) is 0.828. The Hall–Kier alpha value is -0.900. The Labute approximate surface area is 105 Å². The normalized spacial score (nSPS) is 12.7. The molecule has 0 unspecified atom stereocenters. The minimum atomic E-state index is 0.308. The van der Waals surface area contributed by atoms with Gasteiger partial charge in [0.1, 0.15) is 12.2 Å². The van der Waals surface area contributed by atoms with Crippen molar-refractivity contribution in [2.75, 3.05) is 6.54 Å². The maximum atomic E-state index is 4.29. The van der Waals surface area contributed by atoms with Crippen LogP contribution < -0.4 is 5.32 Å². The molecular weight excluding hydrogens is 212 g/mol. The average molecular weight is 238 g/mol. The van der Waals surface area contributed by atoms with E-state index in [1.54, 1.807) is 6.33 Å². The van der Waals surface area contributed by atoms with E-state index in [2.05, 4.69) is 56.9 Å². The molecule has 4 nitrogen and oxygen atoms in total. The molecule has 1 heterocycles. The second kappa shape index (κ2) is 5.63. The molecule has 1 aromatic rings. The summed E-state index contributed by atoms with van der Waals surface area (Å²) in [6, 6.07) is 0.368. The number of nitrogens with one attached hydrogen (secondary N) is 1. The van der Waals surface area contributed by atoms with E-state index in [1.807, 2.05) is 4.68 Å². The Balaban J connectivity index is 2.49. The molecule has 0 aliphatic carbocycles. The third kappa shape index (κ3) is 3.80. The van der Waals surface area contributed by atoms with Crippen molar-refractivity contribution in [3.8, 4) is 0 Å². The fraction of sp³-hybridized carbons (Fsp3) is 0.846. The molecule has 0 atom stereocenters. The minimum Gasteiger partial charge on any atom is -0.309 e.